The van der Waals surface area contributed by atoms with E-state index in [1.807, 2.05) is 19.1 Å². The molecule has 0 N–H and O–H groups in total. The van der Waals surface area contributed by atoms with Crippen molar-refractivity contribution in [1.29, 1.82) is 0 Å². The number of carbonyl (C=O) groups excluding carboxylic acids is 2. The fourth-order valence-electron chi connectivity index (χ4n) is 4.66. The van der Waals surface area contributed by atoms with Crippen LogP contribution in [-0.2, 0) is 22.6 Å². The Labute approximate surface area is 187 Å². The summed E-state index contributed by atoms with van der Waals surface area (Å²) in [6.45, 7) is 9.47. The van der Waals surface area contributed by atoms with Gasteiger partial charge < -0.3 is 9.64 Å². The van der Waals surface area contributed by atoms with Gasteiger partial charge in [0.25, 0.3) is 0 Å². The minimum Gasteiger partial charge on any atom is -0.457 e. The molecule has 1 fully saturated rings. The number of nitrogens with zero attached hydrogens (tertiary/aromatic N) is 2. The van der Waals surface area contributed by atoms with Gasteiger partial charge in [-0.15, -0.1) is 0 Å². The lowest BCUT2D eigenvalue weighted by Crippen LogP contribution is -2.49. The third-order valence-corrected chi connectivity index (χ3v) is 6.67. The number of benzene rings is 2. The third-order valence-electron chi connectivity index (χ3n) is 6.67. The summed E-state index contributed by atoms with van der Waals surface area (Å²) in [5, 5.41) is 0. The van der Waals surface area contributed by atoms with Gasteiger partial charge in [-0.3, -0.25) is 9.69 Å². The lowest BCUT2D eigenvalue weighted by atomic mass is 9.90. The Morgan fingerprint density at radius 3 is 2.53 bits per heavy atom. The average Bonchev–Trinajstić information content (AvgIpc) is 3.14. The molecule has 2 aromatic carbocycles. The number of rotatable bonds is 5. The van der Waals surface area contributed by atoms with Gasteiger partial charge in [0.15, 0.2) is 0 Å². The van der Waals surface area contributed by atoms with Crippen LogP contribution < -0.4 is 0 Å². The number of aryl methyl sites for hydroxylation is 1. The minimum absolute atomic E-state index is 0.101. The quantitative estimate of drug-likeness (QED) is 0.662. The molecule has 1 unspecified atom stereocenters. The van der Waals surface area contributed by atoms with Crippen LogP contribution in [0.25, 0.3) is 0 Å². The number of hydrogen-bond donors (Lipinski definition) is 0. The maximum atomic E-state index is 14.1. The number of cyclic esters (lactones) is 1. The van der Waals surface area contributed by atoms with E-state index < -0.39 is 11.6 Å². The molecule has 0 saturated carbocycles. The SMILES string of the molecule is Cc1cc(F)c(CC(=O)N2CCN(CC(C)c3ccc4c(c3C)COC4=O)CC2)cc1F. The second kappa shape index (κ2) is 8.98. The minimum atomic E-state index is -0.540. The number of halogens is 2. The molecule has 2 aliphatic heterocycles. The highest BCUT2D eigenvalue weighted by Crippen LogP contribution is 2.30. The van der Waals surface area contributed by atoms with Gasteiger partial charge in [-0.1, -0.05) is 13.0 Å². The van der Waals surface area contributed by atoms with E-state index >= 15 is 0 Å². The maximum Gasteiger partial charge on any atom is 0.338 e. The number of hydrogen-bond acceptors (Lipinski definition) is 4. The molecule has 1 amide bonds. The molecule has 7 heteroatoms. The Balaban J connectivity index is 1.33. The summed E-state index contributed by atoms with van der Waals surface area (Å²) in [6, 6.07) is 6.13. The summed E-state index contributed by atoms with van der Waals surface area (Å²) in [6.07, 6.45) is -0.130. The summed E-state index contributed by atoms with van der Waals surface area (Å²) in [4.78, 5) is 28.4. The van der Waals surface area contributed by atoms with Crippen molar-refractivity contribution in [2.75, 3.05) is 32.7 Å². The average molecular weight is 443 g/mol. The Morgan fingerprint density at radius 2 is 1.81 bits per heavy atom. The second-order valence-electron chi connectivity index (χ2n) is 8.83. The van der Waals surface area contributed by atoms with Crippen LogP contribution in [-0.4, -0.2) is 54.4 Å². The Bertz CT molecular complexity index is 1060. The lowest BCUT2D eigenvalue weighted by molar-refractivity contribution is -0.132. The lowest BCUT2D eigenvalue weighted by Gasteiger charge is -2.36. The third kappa shape index (κ3) is 4.39. The van der Waals surface area contributed by atoms with Crippen LogP contribution >= 0.6 is 0 Å². The van der Waals surface area contributed by atoms with Gasteiger partial charge in [0.05, 0.1) is 12.0 Å². The number of amides is 1. The molecule has 2 heterocycles. The molecule has 0 aromatic heterocycles. The predicted octanol–water partition coefficient (Wildman–Crippen LogP) is 3.74. The van der Waals surface area contributed by atoms with E-state index in [1.165, 1.54) is 12.5 Å². The fourth-order valence-corrected chi connectivity index (χ4v) is 4.66. The first kappa shape index (κ1) is 22.4. The number of piperazine rings is 1. The molecule has 4 rings (SSSR count). The van der Waals surface area contributed by atoms with Crippen molar-refractivity contribution in [2.24, 2.45) is 0 Å². The van der Waals surface area contributed by atoms with Gasteiger partial charge in [0.1, 0.15) is 18.2 Å². The topological polar surface area (TPSA) is 49.9 Å². The molecule has 5 nitrogen and oxygen atoms in total. The molecule has 0 bridgehead atoms. The number of fused-ring (bicyclic) bond motifs is 1. The molecular formula is C25H28F2N2O3. The molecule has 2 aliphatic rings. The van der Waals surface area contributed by atoms with E-state index in [2.05, 4.69) is 11.8 Å². The van der Waals surface area contributed by atoms with Crippen LogP contribution in [0.15, 0.2) is 24.3 Å². The predicted molar refractivity (Wildman–Crippen MR) is 117 cm³/mol. The Hall–Kier alpha value is -2.80. The van der Waals surface area contributed by atoms with Gasteiger partial charge in [0.2, 0.25) is 5.91 Å². The first-order valence-electron chi connectivity index (χ1n) is 11.0. The highest BCUT2D eigenvalue weighted by Gasteiger charge is 2.27. The fraction of sp³-hybridized carbons (Fsp3) is 0.440. The van der Waals surface area contributed by atoms with Crippen molar-refractivity contribution in [1.82, 2.24) is 9.80 Å². The smallest absolute Gasteiger partial charge is 0.338 e. The summed E-state index contributed by atoms with van der Waals surface area (Å²) in [7, 11) is 0. The van der Waals surface area contributed by atoms with Crippen LogP contribution in [0.1, 0.15) is 51.0 Å². The van der Waals surface area contributed by atoms with Gasteiger partial charge in [-0.05, 0) is 54.7 Å². The largest absolute Gasteiger partial charge is 0.457 e. The van der Waals surface area contributed by atoms with Gasteiger partial charge in [-0.2, -0.15) is 0 Å². The van der Waals surface area contributed by atoms with Crippen LogP contribution in [0.5, 0.6) is 0 Å². The van der Waals surface area contributed by atoms with Crippen molar-refractivity contribution in [3.05, 3.63) is 69.3 Å². The zero-order chi connectivity index (χ0) is 23.0. The van der Waals surface area contributed by atoms with E-state index in [4.69, 9.17) is 4.74 Å². The van der Waals surface area contributed by atoms with E-state index in [-0.39, 0.29) is 35.3 Å². The van der Waals surface area contributed by atoms with Gasteiger partial charge in [0, 0.05) is 43.9 Å². The van der Waals surface area contributed by atoms with Crippen molar-refractivity contribution in [3.63, 3.8) is 0 Å². The zero-order valence-corrected chi connectivity index (χ0v) is 18.7. The highest BCUT2D eigenvalue weighted by molar-refractivity contribution is 5.94. The van der Waals surface area contributed by atoms with E-state index in [1.54, 1.807) is 4.90 Å². The number of ether oxygens (including phenoxy) is 1. The Kier molecular flexibility index (Phi) is 6.29. The number of esters is 1. The molecule has 0 aliphatic carbocycles. The molecule has 0 radical (unpaired) electrons. The van der Waals surface area contributed by atoms with Crippen LogP contribution in [0, 0.1) is 25.5 Å². The van der Waals surface area contributed by atoms with Crippen molar-refractivity contribution >= 4 is 11.9 Å². The molecular weight excluding hydrogens is 414 g/mol. The zero-order valence-electron chi connectivity index (χ0n) is 18.7. The van der Waals surface area contributed by atoms with E-state index in [9.17, 15) is 18.4 Å². The highest BCUT2D eigenvalue weighted by atomic mass is 19.1. The summed E-state index contributed by atoms with van der Waals surface area (Å²) in [5.74, 6) is -1.20. The summed E-state index contributed by atoms with van der Waals surface area (Å²) < 4.78 is 33.0. The molecule has 170 valence electrons. The maximum absolute atomic E-state index is 14.1. The first-order chi connectivity index (χ1) is 15.2. The second-order valence-corrected chi connectivity index (χ2v) is 8.83. The molecule has 1 saturated heterocycles. The van der Waals surface area contributed by atoms with Gasteiger partial charge >= 0.3 is 5.97 Å². The van der Waals surface area contributed by atoms with Crippen molar-refractivity contribution in [2.45, 2.75) is 39.7 Å². The van der Waals surface area contributed by atoms with Crippen LogP contribution in [0.3, 0.4) is 0 Å². The Morgan fingerprint density at radius 1 is 1.09 bits per heavy atom. The van der Waals surface area contributed by atoms with Crippen molar-refractivity contribution < 1.29 is 23.1 Å². The van der Waals surface area contributed by atoms with Gasteiger partial charge in [-0.25, -0.2) is 13.6 Å². The molecule has 32 heavy (non-hydrogen) atoms. The standard InChI is InChI=1S/C25H28F2N2O3/c1-15-10-23(27)18(11-22(15)26)12-24(30)29-8-6-28(7-9-29)13-16(2)19-4-5-20-21(17(19)3)14-32-25(20)31/h4-5,10-11,16H,6-9,12-14H2,1-3H3. The van der Waals surface area contributed by atoms with Crippen molar-refractivity contribution in [3.8, 4) is 0 Å². The van der Waals surface area contributed by atoms with Crippen LogP contribution in [0.4, 0.5) is 8.78 Å². The monoisotopic (exact) mass is 442 g/mol. The molecule has 0 spiro atoms. The normalized spacial score (nSPS) is 17.3. The van der Waals surface area contributed by atoms with E-state index in [0.717, 1.165) is 42.9 Å². The number of carbonyl (C=O) groups is 2. The first-order valence-corrected chi connectivity index (χ1v) is 11.0. The van der Waals surface area contributed by atoms with Crippen LogP contribution in [0.2, 0.25) is 0 Å². The summed E-state index contributed by atoms with van der Waals surface area (Å²) >= 11 is 0. The summed E-state index contributed by atoms with van der Waals surface area (Å²) in [5.41, 5.74) is 4.30. The van der Waals surface area contributed by atoms with E-state index in [0.29, 0.717) is 25.3 Å². The molecule has 1 atom stereocenters. The molecule has 2 aromatic rings.